The van der Waals surface area contributed by atoms with Crippen LogP contribution in [0, 0.1) is 10.1 Å². The molecule has 120 valence electrons. The second kappa shape index (κ2) is 9.56. The monoisotopic (exact) mass is 307 g/mol. The van der Waals surface area contributed by atoms with Crippen molar-refractivity contribution in [3.63, 3.8) is 0 Å². The second-order valence-corrected chi connectivity index (χ2v) is 4.87. The Kier molecular flexibility index (Phi) is 7.69. The van der Waals surface area contributed by atoms with Crippen LogP contribution >= 0.6 is 0 Å². The highest BCUT2D eigenvalue weighted by Crippen LogP contribution is 2.29. The summed E-state index contributed by atoms with van der Waals surface area (Å²) in [5.74, 6) is 0. The first-order valence-electron chi connectivity index (χ1n) is 7.04. The number of anilines is 1. The van der Waals surface area contributed by atoms with Crippen LogP contribution in [0.5, 0.6) is 0 Å². The highest BCUT2D eigenvalue weighted by molar-refractivity contribution is 5.66. The van der Waals surface area contributed by atoms with Gasteiger partial charge in [0.15, 0.2) is 0 Å². The minimum Gasteiger partial charge on any atom is -0.379 e. The third-order valence-electron chi connectivity index (χ3n) is 3.11. The zero-order chi connectivity index (χ0) is 16.4. The molecule has 0 heterocycles. The fourth-order valence-corrected chi connectivity index (χ4v) is 1.98. The van der Waals surface area contributed by atoms with Gasteiger partial charge in [0.25, 0.3) is 5.69 Å². The number of nitro benzene ring substituents is 1. The van der Waals surface area contributed by atoms with Crippen molar-refractivity contribution in [2.75, 3.05) is 38.5 Å². The Hall–Kier alpha value is -2.35. The Bertz CT molecular complexity index is 543. The molecule has 0 saturated carbocycles. The number of nitrogens with two attached hydrogens (primary N) is 1. The molecule has 9 nitrogen and oxygen atoms in total. The standard InChI is InChI=1S/C13H21N7O2/c1-19(8-2-6-14)9-3-7-16-12-5-4-11(17-18-15)10-13(12)20(21)22/h4-5,10,16H,2-3,6-9,14H2,1H3. The molecular weight excluding hydrogens is 286 g/mol. The molecule has 0 aliphatic heterocycles. The van der Waals surface area contributed by atoms with Crippen LogP contribution in [-0.2, 0) is 0 Å². The van der Waals surface area contributed by atoms with Crippen LogP contribution in [-0.4, -0.2) is 43.0 Å². The molecule has 22 heavy (non-hydrogen) atoms. The maximum absolute atomic E-state index is 11.0. The lowest BCUT2D eigenvalue weighted by molar-refractivity contribution is -0.383. The van der Waals surface area contributed by atoms with Gasteiger partial charge < -0.3 is 16.0 Å². The van der Waals surface area contributed by atoms with Crippen molar-refractivity contribution in [3.05, 3.63) is 38.8 Å². The summed E-state index contributed by atoms with van der Waals surface area (Å²) in [5.41, 5.74) is 14.4. The third kappa shape index (κ3) is 5.96. The van der Waals surface area contributed by atoms with E-state index >= 15 is 0 Å². The molecule has 0 radical (unpaired) electrons. The third-order valence-corrected chi connectivity index (χ3v) is 3.11. The zero-order valence-electron chi connectivity index (χ0n) is 12.6. The van der Waals surface area contributed by atoms with E-state index < -0.39 is 4.92 Å². The smallest absolute Gasteiger partial charge is 0.292 e. The molecule has 0 spiro atoms. The molecule has 0 aromatic heterocycles. The van der Waals surface area contributed by atoms with Crippen molar-refractivity contribution >= 4 is 17.1 Å². The van der Waals surface area contributed by atoms with Crippen LogP contribution in [0.1, 0.15) is 12.8 Å². The number of rotatable bonds is 10. The quantitative estimate of drug-likeness (QED) is 0.171. The number of benzene rings is 1. The molecule has 0 amide bonds. The van der Waals surface area contributed by atoms with Crippen LogP contribution in [0.25, 0.3) is 10.4 Å². The molecule has 0 saturated heterocycles. The van der Waals surface area contributed by atoms with Crippen molar-refractivity contribution in [2.24, 2.45) is 10.8 Å². The van der Waals surface area contributed by atoms with Gasteiger partial charge in [0.2, 0.25) is 0 Å². The van der Waals surface area contributed by atoms with Crippen molar-refractivity contribution in [3.8, 4) is 0 Å². The lowest BCUT2D eigenvalue weighted by Crippen LogP contribution is -2.24. The van der Waals surface area contributed by atoms with Gasteiger partial charge in [0.1, 0.15) is 5.69 Å². The van der Waals surface area contributed by atoms with E-state index in [1.165, 1.54) is 6.07 Å². The Balaban J connectivity index is 2.55. The van der Waals surface area contributed by atoms with Crippen molar-refractivity contribution in [1.29, 1.82) is 0 Å². The summed E-state index contributed by atoms with van der Waals surface area (Å²) in [6.07, 6.45) is 1.81. The number of nitrogens with one attached hydrogen (secondary N) is 1. The topological polar surface area (TPSA) is 133 Å². The summed E-state index contributed by atoms with van der Waals surface area (Å²) in [5, 5.41) is 17.5. The molecule has 0 bridgehead atoms. The van der Waals surface area contributed by atoms with Crippen molar-refractivity contribution < 1.29 is 4.92 Å². The van der Waals surface area contributed by atoms with Gasteiger partial charge in [-0.1, -0.05) is 11.2 Å². The fraction of sp³-hybridized carbons (Fsp3) is 0.538. The van der Waals surface area contributed by atoms with E-state index in [9.17, 15) is 10.1 Å². The highest BCUT2D eigenvalue weighted by atomic mass is 16.6. The van der Waals surface area contributed by atoms with Crippen LogP contribution in [0.15, 0.2) is 23.3 Å². The summed E-state index contributed by atoms with van der Waals surface area (Å²) in [6.45, 7) is 3.12. The van der Waals surface area contributed by atoms with Gasteiger partial charge in [0.05, 0.1) is 4.92 Å². The molecular formula is C13H21N7O2. The van der Waals surface area contributed by atoms with Gasteiger partial charge in [-0.25, -0.2) is 0 Å². The lowest BCUT2D eigenvalue weighted by Gasteiger charge is -2.16. The normalized spacial score (nSPS) is 10.3. The Morgan fingerprint density at radius 3 is 2.82 bits per heavy atom. The minimum atomic E-state index is -0.494. The zero-order valence-corrected chi connectivity index (χ0v) is 12.6. The van der Waals surface area contributed by atoms with Gasteiger partial charge in [-0.05, 0) is 51.1 Å². The molecule has 9 heteroatoms. The van der Waals surface area contributed by atoms with E-state index in [0.29, 0.717) is 18.8 Å². The molecule has 1 aromatic rings. The van der Waals surface area contributed by atoms with Gasteiger partial charge in [-0.2, -0.15) is 0 Å². The summed E-state index contributed by atoms with van der Waals surface area (Å²) < 4.78 is 0. The van der Waals surface area contributed by atoms with Gasteiger partial charge in [-0.3, -0.25) is 10.1 Å². The molecule has 1 aromatic carbocycles. The first-order valence-corrected chi connectivity index (χ1v) is 7.04. The first-order chi connectivity index (χ1) is 10.6. The van der Waals surface area contributed by atoms with Crippen molar-refractivity contribution in [1.82, 2.24) is 4.90 Å². The first kappa shape index (κ1) is 17.7. The van der Waals surface area contributed by atoms with Crippen LogP contribution in [0.2, 0.25) is 0 Å². The van der Waals surface area contributed by atoms with E-state index in [1.54, 1.807) is 12.1 Å². The van der Waals surface area contributed by atoms with Crippen molar-refractivity contribution in [2.45, 2.75) is 12.8 Å². The number of nitrogens with zero attached hydrogens (tertiary/aromatic N) is 5. The van der Waals surface area contributed by atoms with E-state index in [1.807, 2.05) is 7.05 Å². The van der Waals surface area contributed by atoms with E-state index in [0.717, 1.165) is 25.9 Å². The van der Waals surface area contributed by atoms with Crippen LogP contribution in [0.4, 0.5) is 17.1 Å². The van der Waals surface area contributed by atoms with Crippen LogP contribution < -0.4 is 11.1 Å². The van der Waals surface area contributed by atoms with E-state index in [-0.39, 0.29) is 11.4 Å². The van der Waals surface area contributed by atoms with Crippen LogP contribution in [0.3, 0.4) is 0 Å². The minimum absolute atomic E-state index is 0.0959. The Labute approximate surface area is 128 Å². The predicted molar refractivity (Wildman–Crippen MR) is 86.2 cm³/mol. The number of azide groups is 1. The number of hydrogen-bond donors (Lipinski definition) is 2. The molecule has 3 N–H and O–H groups in total. The molecule has 0 unspecified atom stereocenters. The highest BCUT2D eigenvalue weighted by Gasteiger charge is 2.13. The average Bonchev–Trinajstić information content (AvgIpc) is 2.50. The van der Waals surface area contributed by atoms with Gasteiger partial charge in [-0.15, -0.1) is 0 Å². The molecule has 0 fully saturated rings. The second-order valence-electron chi connectivity index (χ2n) is 4.87. The Morgan fingerprint density at radius 2 is 2.18 bits per heavy atom. The summed E-state index contributed by atoms with van der Waals surface area (Å²) >= 11 is 0. The Morgan fingerprint density at radius 1 is 1.45 bits per heavy atom. The van der Waals surface area contributed by atoms with E-state index in [2.05, 4.69) is 20.2 Å². The number of nitro groups is 1. The summed E-state index contributed by atoms with van der Waals surface area (Å²) in [6, 6.07) is 4.36. The van der Waals surface area contributed by atoms with Gasteiger partial charge >= 0.3 is 0 Å². The average molecular weight is 307 g/mol. The molecule has 0 atom stereocenters. The maximum atomic E-state index is 11.0. The summed E-state index contributed by atoms with van der Waals surface area (Å²) in [4.78, 5) is 15.4. The van der Waals surface area contributed by atoms with Gasteiger partial charge in [0, 0.05) is 23.2 Å². The molecule has 0 aliphatic carbocycles. The SMILES string of the molecule is CN(CCCN)CCCNc1ccc(N=[N+]=[N-])cc1[N+](=O)[O-]. The molecule has 1 rings (SSSR count). The largest absolute Gasteiger partial charge is 0.379 e. The predicted octanol–water partition coefficient (Wildman–Crippen LogP) is 2.62. The maximum Gasteiger partial charge on any atom is 0.292 e. The van der Waals surface area contributed by atoms with E-state index in [4.69, 9.17) is 11.3 Å². The number of hydrogen-bond acceptors (Lipinski definition) is 6. The summed E-state index contributed by atoms with van der Waals surface area (Å²) in [7, 11) is 2.02. The fourth-order valence-electron chi connectivity index (χ4n) is 1.98. The molecule has 0 aliphatic rings. The lowest BCUT2D eigenvalue weighted by atomic mass is 10.2.